The van der Waals surface area contributed by atoms with Gasteiger partial charge in [0.05, 0.1) is 37.8 Å². The Bertz CT molecular complexity index is 4010. The second-order valence-corrected chi connectivity index (χ2v) is 25.7. The number of hydrogen-bond donors (Lipinski definition) is 8. The lowest BCUT2D eigenvalue weighted by Gasteiger charge is -2.37. The molecule has 0 unspecified atom stereocenters. The van der Waals surface area contributed by atoms with Gasteiger partial charge in [-0.2, -0.15) is 0 Å². The van der Waals surface area contributed by atoms with E-state index < -0.39 is 150 Å². The summed E-state index contributed by atoms with van der Waals surface area (Å²) in [7, 11) is 1.47. The van der Waals surface area contributed by atoms with Crippen LogP contribution >= 0.6 is 0 Å². The molecule has 6 aromatic rings. The van der Waals surface area contributed by atoms with Gasteiger partial charge in [-0.3, -0.25) is 47.9 Å². The number of carbonyl (C=O) groups is 10. The second kappa shape index (κ2) is 29.8. The van der Waals surface area contributed by atoms with Crippen molar-refractivity contribution in [2.75, 3.05) is 20.2 Å². The second-order valence-electron chi connectivity index (χ2n) is 25.7. The van der Waals surface area contributed by atoms with Gasteiger partial charge in [-0.05, 0) is 152 Å². The van der Waals surface area contributed by atoms with Crippen molar-refractivity contribution in [2.45, 2.75) is 146 Å². The summed E-state index contributed by atoms with van der Waals surface area (Å²) < 4.78 is 51.3. The van der Waals surface area contributed by atoms with Crippen LogP contribution in [0.4, 0.5) is 13.2 Å². The SMILES string of the molecule is COc1ccc(C[C@@H]2NC(=O)[C@@H]([C@H](C)O)NC(=O)[C@@H]3C[C@H](F)CN3C(=O)[C@H](CC3=CCc4ccc(F)cc43)NC(=O)[C@H](Cc3c[nH]c4ccc(F)cc34)CC(=O)[C@@H](C)NC(=O)Cc3ccc(cc3)CNC(=O)c3ccc(cc3)C[C@@H](C(N)=O)CC(=O)[C@]3(C)CCCN3C2=O)cc1. The molecule has 96 heavy (non-hydrogen) atoms. The third-order valence-electron chi connectivity index (χ3n) is 18.9. The van der Waals surface area contributed by atoms with E-state index in [2.05, 4.69) is 31.6 Å². The van der Waals surface area contributed by atoms with Crippen LogP contribution in [0.3, 0.4) is 0 Å². The number of fused-ring (bicyclic) bond motifs is 4. The van der Waals surface area contributed by atoms with Crippen molar-refractivity contribution in [3.05, 3.63) is 178 Å². The summed E-state index contributed by atoms with van der Waals surface area (Å²) in [5.74, 6) is -10.6. The molecule has 1 aliphatic carbocycles. The first kappa shape index (κ1) is 68.9. The summed E-state index contributed by atoms with van der Waals surface area (Å²) in [6.45, 7) is 3.70. The Morgan fingerprint density at radius 1 is 0.760 bits per heavy atom. The average molecular weight is 1320 g/mol. The predicted molar refractivity (Wildman–Crippen MR) is 348 cm³/mol. The molecule has 6 heterocycles. The lowest BCUT2D eigenvalue weighted by atomic mass is 9.84. The molecule has 2 saturated heterocycles. The Balaban J connectivity index is 0.983. The van der Waals surface area contributed by atoms with Crippen LogP contribution in [-0.2, 0) is 81.8 Å². The van der Waals surface area contributed by atoms with E-state index in [-0.39, 0.29) is 58.0 Å². The molecule has 1 aromatic heterocycles. The number of aliphatic hydroxyl groups excluding tert-OH is 1. The zero-order chi connectivity index (χ0) is 68.7. The summed E-state index contributed by atoms with van der Waals surface area (Å²) in [6.07, 6.45) is -1.76. The van der Waals surface area contributed by atoms with E-state index >= 15 is 18.8 Å². The molecular weight excluding hydrogens is 1240 g/mol. The minimum absolute atomic E-state index is 0.0117. The first-order valence-corrected chi connectivity index (χ1v) is 32.2. The van der Waals surface area contributed by atoms with Crippen molar-refractivity contribution in [3.8, 4) is 5.75 Å². The van der Waals surface area contributed by atoms with Gasteiger partial charge in [-0.1, -0.05) is 60.7 Å². The van der Waals surface area contributed by atoms with E-state index in [4.69, 9.17) is 10.5 Å². The maximum atomic E-state index is 16.1. The number of aliphatic hydroxyl groups is 1. The number of benzene rings is 5. The molecule has 6 aliphatic rings. The molecule has 0 radical (unpaired) electrons. The molecule has 0 saturated carbocycles. The van der Waals surface area contributed by atoms with Gasteiger partial charge < -0.3 is 56.9 Å². The smallest absolute Gasteiger partial charge is 0.251 e. The van der Waals surface area contributed by atoms with Crippen LogP contribution in [0.15, 0.2) is 121 Å². The molecule has 9 N–H and O–H groups in total. The number of amides is 8. The molecule has 5 aliphatic heterocycles. The molecule has 4 bridgehead atoms. The van der Waals surface area contributed by atoms with Crippen molar-refractivity contribution in [2.24, 2.45) is 17.6 Å². The Morgan fingerprint density at radius 3 is 2.15 bits per heavy atom. The van der Waals surface area contributed by atoms with Gasteiger partial charge in [0.15, 0.2) is 11.6 Å². The Morgan fingerprint density at radius 2 is 1.44 bits per heavy atom. The highest BCUT2D eigenvalue weighted by molar-refractivity contribution is 6.01. The van der Waals surface area contributed by atoms with E-state index in [1.54, 1.807) is 98.1 Å². The Labute approximate surface area is 552 Å². The van der Waals surface area contributed by atoms with Crippen LogP contribution in [0.5, 0.6) is 5.75 Å². The maximum Gasteiger partial charge on any atom is 0.251 e. The number of rotatable bonds is 9. The largest absolute Gasteiger partial charge is 0.497 e. The number of ether oxygens (including phenoxy) is 1. The van der Waals surface area contributed by atoms with Gasteiger partial charge in [-0.25, -0.2) is 13.2 Å². The average Bonchev–Trinajstić information content (AvgIpc) is 1.58. The van der Waals surface area contributed by atoms with Gasteiger partial charge in [0, 0.05) is 79.7 Å². The van der Waals surface area contributed by atoms with Gasteiger partial charge in [0.25, 0.3) is 5.91 Å². The number of carbonyl (C=O) groups excluding carboxylic acids is 10. The number of alkyl halides is 1. The van der Waals surface area contributed by atoms with Gasteiger partial charge >= 0.3 is 0 Å². The summed E-state index contributed by atoms with van der Waals surface area (Å²) in [5, 5.41) is 25.3. The summed E-state index contributed by atoms with van der Waals surface area (Å²) in [4.78, 5) is 150. The zero-order valence-corrected chi connectivity index (χ0v) is 53.7. The minimum Gasteiger partial charge on any atom is -0.497 e. The molecule has 504 valence electrons. The van der Waals surface area contributed by atoms with E-state index in [0.717, 1.165) is 4.90 Å². The number of methoxy groups -OCH3 is 1. The quantitative estimate of drug-likeness (QED) is 0.0916. The van der Waals surface area contributed by atoms with E-state index in [1.165, 1.54) is 56.2 Å². The Hall–Kier alpha value is -9.97. The fraction of sp³-hybridized carbons (Fsp3) is 0.389. The predicted octanol–water partition coefficient (Wildman–Crippen LogP) is 5.29. The molecular formula is C72H78F3N9O12. The van der Waals surface area contributed by atoms with Gasteiger partial charge in [0.1, 0.15) is 47.7 Å². The summed E-state index contributed by atoms with van der Waals surface area (Å²) >= 11 is 0. The van der Waals surface area contributed by atoms with Crippen LogP contribution in [0.2, 0.25) is 0 Å². The van der Waals surface area contributed by atoms with Gasteiger partial charge in [0.2, 0.25) is 41.4 Å². The van der Waals surface area contributed by atoms with Crippen molar-refractivity contribution < 1.29 is 71.0 Å². The van der Waals surface area contributed by atoms with Crippen LogP contribution in [0.25, 0.3) is 16.5 Å². The Kier molecular flexibility index (Phi) is 21.4. The molecule has 0 spiro atoms. The standard InChI is InChI=1S/C72H78F3N9O12/c1-39-61(86)31-49(29-50-37-77-57-23-20-52(74)34-56(50)57)67(91)80-59(30-47-17-16-45-18-19-51(73)33-55(45)47)70(94)83-38-53(75)35-60(83)68(92)82-64(40(2)85)69(93)81-58(27-42-12-21-54(96-4)22-13-42)71(95)84-25-5-24-72(84,3)62(87)32-48(65(76)89)26-41-10-14-46(15-11-41)66(90)78-36-44-8-6-43(7-9-44)28-63(88)79-39/h6-15,17-23,33-34,37,39-40,48-49,53,58-60,64,77,85H,5,16,24-32,35-36,38H2,1-4H3,(H2,76,89)(H,78,90)(H,79,88)(H,80,91)(H,81,93)(H,82,92)/t39-,40+,48-,49-,53+,58+,59+,60+,64-,72+/m1/s1. The number of H-pyrrole nitrogens is 1. The van der Waals surface area contributed by atoms with Crippen molar-refractivity contribution in [3.63, 3.8) is 0 Å². The minimum atomic E-state index is -1.86. The zero-order valence-electron chi connectivity index (χ0n) is 53.7. The van der Waals surface area contributed by atoms with Crippen LogP contribution in [0.1, 0.15) is 109 Å². The number of primary amides is 1. The van der Waals surface area contributed by atoms with Gasteiger partial charge in [-0.15, -0.1) is 0 Å². The van der Waals surface area contributed by atoms with Crippen LogP contribution < -0.4 is 37.1 Å². The number of ketones is 2. The first-order chi connectivity index (χ1) is 45.8. The molecule has 24 heteroatoms. The lowest BCUT2D eigenvalue weighted by molar-refractivity contribution is -0.147. The van der Waals surface area contributed by atoms with E-state index in [1.807, 2.05) is 0 Å². The summed E-state index contributed by atoms with van der Waals surface area (Å²) in [6, 6.07) is 20.1. The maximum absolute atomic E-state index is 16.1. The van der Waals surface area contributed by atoms with Crippen molar-refractivity contribution in [1.29, 1.82) is 0 Å². The first-order valence-electron chi connectivity index (χ1n) is 32.2. The van der Waals surface area contributed by atoms with Crippen molar-refractivity contribution in [1.82, 2.24) is 41.4 Å². The molecule has 8 amide bonds. The third kappa shape index (κ3) is 16.0. The number of aromatic nitrogens is 1. The topological polar surface area (TPSA) is 309 Å². The molecule has 21 nitrogen and oxygen atoms in total. The fourth-order valence-electron chi connectivity index (χ4n) is 13.3. The number of aromatic amines is 1. The highest BCUT2D eigenvalue weighted by Crippen LogP contribution is 2.36. The number of nitrogens with one attached hydrogen (secondary N) is 6. The molecule has 12 rings (SSSR count). The number of halogens is 3. The van der Waals surface area contributed by atoms with Crippen molar-refractivity contribution >= 4 is 75.3 Å². The normalized spacial score (nSPS) is 25.0. The van der Waals surface area contributed by atoms with E-state index in [0.29, 0.717) is 79.6 Å². The van der Waals surface area contributed by atoms with Crippen LogP contribution in [0, 0.1) is 23.5 Å². The summed E-state index contributed by atoms with van der Waals surface area (Å²) in [5.41, 5.74) is 9.59. The number of hydrogen-bond acceptors (Lipinski definition) is 12. The number of nitrogens with two attached hydrogens (primary N) is 1. The van der Waals surface area contributed by atoms with Crippen LogP contribution in [-0.4, -0.2) is 147 Å². The third-order valence-corrected chi connectivity index (χ3v) is 18.9. The highest BCUT2D eigenvalue weighted by atomic mass is 19.1. The highest BCUT2D eigenvalue weighted by Gasteiger charge is 2.49. The monoisotopic (exact) mass is 1320 g/mol. The molecule has 10 atom stereocenters. The molecule has 5 aromatic carbocycles. The lowest BCUT2D eigenvalue weighted by Crippen LogP contribution is -2.62. The number of nitrogens with zero attached hydrogens (tertiary/aromatic N) is 2. The fourth-order valence-corrected chi connectivity index (χ4v) is 13.3. The van der Waals surface area contributed by atoms with E-state index in [9.17, 15) is 47.4 Å². The number of allylic oxidation sites excluding steroid dienone is 1. The number of Topliss-reactive ketones (excluding diaryl/α,β-unsaturated/α-hetero) is 2. The molecule has 2 fully saturated rings.